The SMILES string of the molecule is CC(=O)NCCc1ccc(C(=O)COC(=O)[C@@H](NS(=O)(=O)c2ccccc2F)C(C)C)s1. The number of ketones is 1. The number of hydrogen-bond acceptors (Lipinski definition) is 7. The summed E-state index contributed by atoms with van der Waals surface area (Å²) < 4.78 is 46.1. The number of nitrogens with one attached hydrogen (secondary N) is 2. The van der Waals surface area contributed by atoms with Gasteiger partial charge in [-0.25, -0.2) is 12.8 Å². The maximum absolute atomic E-state index is 13.9. The molecular weight excluding hydrogens is 459 g/mol. The van der Waals surface area contributed by atoms with Gasteiger partial charge in [0.2, 0.25) is 21.7 Å². The standard InChI is InChI=1S/C21H25FN2O6S2/c1-13(2)20(24-32(28,29)19-7-5-4-6-16(19)22)21(27)30-12-17(26)18-9-8-15(31-18)10-11-23-14(3)25/h4-9,13,20,24H,10-12H2,1-3H3,(H,23,25)/t20-/m0/s1. The van der Waals surface area contributed by atoms with Crippen molar-refractivity contribution in [2.75, 3.05) is 13.2 Å². The second-order valence-corrected chi connectivity index (χ2v) is 10.2. The molecule has 2 aromatic rings. The number of halogens is 1. The van der Waals surface area contributed by atoms with Gasteiger partial charge in [0.1, 0.15) is 16.8 Å². The summed E-state index contributed by atoms with van der Waals surface area (Å²) in [6.45, 7) is 4.49. The third kappa shape index (κ3) is 7.21. The second-order valence-electron chi connectivity index (χ2n) is 7.30. The Labute approximate surface area is 190 Å². The Morgan fingerprint density at radius 1 is 1.12 bits per heavy atom. The molecule has 0 aliphatic carbocycles. The summed E-state index contributed by atoms with van der Waals surface area (Å²) >= 11 is 1.22. The van der Waals surface area contributed by atoms with E-state index in [0.29, 0.717) is 17.8 Å². The summed E-state index contributed by atoms with van der Waals surface area (Å²) in [5.74, 6) is -2.97. The molecule has 174 valence electrons. The third-order valence-corrected chi connectivity index (χ3v) is 7.02. The Bertz CT molecular complexity index is 1080. The number of esters is 1. The minimum atomic E-state index is -4.32. The highest BCUT2D eigenvalue weighted by molar-refractivity contribution is 7.89. The number of benzene rings is 1. The summed E-state index contributed by atoms with van der Waals surface area (Å²) in [6, 6.07) is 6.86. The maximum atomic E-state index is 13.9. The summed E-state index contributed by atoms with van der Waals surface area (Å²) in [5, 5.41) is 2.66. The molecule has 0 saturated carbocycles. The van der Waals surface area contributed by atoms with Gasteiger partial charge in [-0.2, -0.15) is 4.72 Å². The van der Waals surface area contributed by atoms with Crippen LogP contribution in [-0.2, 0) is 30.8 Å². The Balaban J connectivity index is 1.98. The first kappa shape index (κ1) is 25.6. The molecular formula is C21H25FN2O6S2. The highest BCUT2D eigenvalue weighted by atomic mass is 32.2. The summed E-state index contributed by atoms with van der Waals surface area (Å²) in [4.78, 5) is 36.4. The zero-order valence-electron chi connectivity index (χ0n) is 17.9. The predicted molar refractivity (Wildman–Crippen MR) is 117 cm³/mol. The van der Waals surface area contributed by atoms with E-state index in [2.05, 4.69) is 10.0 Å². The third-order valence-electron chi connectivity index (χ3n) is 4.36. The number of carbonyl (C=O) groups excluding carboxylic acids is 3. The number of rotatable bonds is 11. The van der Waals surface area contributed by atoms with Gasteiger partial charge in [-0.3, -0.25) is 14.4 Å². The maximum Gasteiger partial charge on any atom is 0.324 e. The molecule has 0 unspecified atom stereocenters. The lowest BCUT2D eigenvalue weighted by atomic mass is 10.1. The van der Waals surface area contributed by atoms with Crippen molar-refractivity contribution in [3.05, 3.63) is 52.0 Å². The number of thiophene rings is 1. The quantitative estimate of drug-likeness (QED) is 0.373. The van der Waals surface area contributed by atoms with Crippen LogP contribution >= 0.6 is 11.3 Å². The first-order valence-corrected chi connectivity index (χ1v) is 12.1. The highest BCUT2D eigenvalue weighted by Crippen LogP contribution is 2.19. The van der Waals surface area contributed by atoms with Crippen LogP contribution in [0.3, 0.4) is 0 Å². The molecule has 0 fully saturated rings. The molecule has 1 heterocycles. The Kier molecular flexibility index (Phi) is 9.05. The fourth-order valence-electron chi connectivity index (χ4n) is 2.67. The summed E-state index contributed by atoms with van der Waals surface area (Å²) in [7, 11) is -4.32. The molecule has 1 amide bonds. The fraction of sp³-hybridized carbons (Fsp3) is 0.381. The van der Waals surface area contributed by atoms with Crippen LogP contribution in [0.2, 0.25) is 0 Å². The number of Topliss-reactive ketones (excluding diaryl/α,β-unsaturated/α-hetero) is 1. The van der Waals surface area contributed by atoms with Crippen molar-refractivity contribution in [2.45, 2.75) is 38.1 Å². The number of ether oxygens (including phenoxy) is 1. The van der Waals surface area contributed by atoms with Crippen molar-refractivity contribution >= 4 is 39.0 Å². The molecule has 0 saturated heterocycles. The predicted octanol–water partition coefficient (Wildman–Crippen LogP) is 2.29. The van der Waals surface area contributed by atoms with Crippen LogP contribution in [0.25, 0.3) is 0 Å². The van der Waals surface area contributed by atoms with E-state index in [9.17, 15) is 27.2 Å². The van der Waals surface area contributed by atoms with Gasteiger partial charge in [0.25, 0.3) is 0 Å². The minimum absolute atomic E-state index is 0.143. The highest BCUT2D eigenvalue weighted by Gasteiger charge is 2.31. The molecule has 8 nitrogen and oxygen atoms in total. The first-order valence-electron chi connectivity index (χ1n) is 9.81. The molecule has 1 aromatic heterocycles. The van der Waals surface area contributed by atoms with Gasteiger partial charge in [-0.05, 0) is 36.6 Å². The van der Waals surface area contributed by atoms with E-state index in [4.69, 9.17) is 4.74 Å². The van der Waals surface area contributed by atoms with Gasteiger partial charge in [0.05, 0.1) is 4.88 Å². The van der Waals surface area contributed by atoms with Gasteiger partial charge < -0.3 is 10.1 Å². The molecule has 0 bridgehead atoms. The van der Waals surface area contributed by atoms with Gasteiger partial charge >= 0.3 is 5.97 Å². The van der Waals surface area contributed by atoms with Gasteiger partial charge in [0.15, 0.2) is 6.61 Å². The van der Waals surface area contributed by atoms with E-state index < -0.39 is 51.1 Å². The Morgan fingerprint density at radius 3 is 2.44 bits per heavy atom. The van der Waals surface area contributed by atoms with E-state index in [1.807, 2.05) is 0 Å². The summed E-state index contributed by atoms with van der Waals surface area (Å²) in [5.41, 5.74) is 0. The van der Waals surface area contributed by atoms with E-state index in [-0.39, 0.29) is 5.91 Å². The number of amides is 1. The lowest BCUT2D eigenvalue weighted by Gasteiger charge is -2.20. The minimum Gasteiger partial charge on any atom is -0.456 e. The normalized spacial score (nSPS) is 12.4. The second kappa shape index (κ2) is 11.3. The molecule has 0 radical (unpaired) electrons. The largest absolute Gasteiger partial charge is 0.456 e. The van der Waals surface area contributed by atoms with Crippen molar-refractivity contribution in [3.63, 3.8) is 0 Å². The fourth-order valence-corrected chi connectivity index (χ4v) is 5.01. The lowest BCUT2D eigenvalue weighted by Crippen LogP contribution is -2.45. The molecule has 2 rings (SSSR count). The van der Waals surface area contributed by atoms with E-state index in [0.717, 1.165) is 17.0 Å². The van der Waals surface area contributed by atoms with Gasteiger partial charge in [-0.15, -0.1) is 11.3 Å². The van der Waals surface area contributed by atoms with Crippen molar-refractivity contribution in [1.29, 1.82) is 0 Å². The molecule has 0 spiro atoms. The number of hydrogen-bond donors (Lipinski definition) is 2. The van der Waals surface area contributed by atoms with Crippen LogP contribution in [0, 0.1) is 11.7 Å². The van der Waals surface area contributed by atoms with Crippen LogP contribution in [0.1, 0.15) is 35.3 Å². The monoisotopic (exact) mass is 484 g/mol. The Morgan fingerprint density at radius 2 is 1.81 bits per heavy atom. The molecule has 1 aromatic carbocycles. The topological polar surface area (TPSA) is 119 Å². The summed E-state index contributed by atoms with van der Waals surface area (Å²) in [6.07, 6.45) is 0.560. The molecule has 0 aliphatic heterocycles. The smallest absolute Gasteiger partial charge is 0.324 e. The van der Waals surface area contributed by atoms with Crippen molar-refractivity contribution in [1.82, 2.24) is 10.0 Å². The van der Waals surface area contributed by atoms with Gasteiger partial charge in [0, 0.05) is 18.3 Å². The van der Waals surface area contributed by atoms with Crippen molar-refractivity contribution in [2.24, 2.45) is 5.92 Å². The van der Waals surface area contributed by atoms with Crippen molar-refractivity contribution < 1.29 is 31.9 Å². The van der Waals surface area contributed by atoms with Crippen LogP contribution in [0.4, 0.5) is 4.39 Å². The zero-order chi connectivity index (χ0) is 23.9. The van der Waals surface area contributed by atoms with E-state index in [1.165, 1.54) is 30.4 Å². The average molecular weight is 485 g/mol. The molecule has 11 heteroatoms. The van der Waals surface area contributed by atoms with Gasteiger partial charge in [-0.1, -0.05) is 26.0 Å². The average Bonchev–Trinajstić information content (AvgIpc) is 3.18. The molecule has 2 N–H and O–H groups in total. The van der Waals surface area contributed by atoms with Crippen LogP contribution in [0.15, 0.2) is 41.3 Å². The number of carbonyl (C=O) groups is 3. The van der Waals surface area contributed by atoms with Crippen molar-refractivity contribution in [3.8, 4) is 0 Å². The molecule has 32 heavy (non-hydrogen) atoms. The Hall–Kier alpha value is -2.63. The lowest BCUT2D eigenvalue weighted by molar-refractivity contribution is -0.145. The zero-order valence-corrected chi connectivity index (χ0v) is 19.5. The first-order chi connectivity index (χ1) is 15.0. The van der Waals surface area contributed by atoms with Crippen LogP contribution < -0.4 is 10.0 Å². The van der Waals surface area contributed by atoms with Crippen LogP contribution in [0.5, 0.6) is 0 Å². The number of sulfonamides is 1. The van der Waals surface area contributed by atoms with Crippen LogP contribution in [-0.4, -0.2) is 45.3 Å². The van der Waals surface area contributed by atoms with E-state index in [1.54, 1.807) is 26.0 Å². The van der Waals surface area contributed by atoms with E-state index >= 15 is 0 Å². The molecule has 1 atom stereocenters. The molecule has 0 aliphatic rings.